The predicted molar refractivity (Wildman–Crippen MR) is 177 cm³/mol. The van der Waals surface area contributed by atoms with Gasteiger partial charge in [-0.2, -0.15) is 8.78 Å². The van der Waals surface area contributed by atoms with Crippen molar-refractivity contribution in [2.24, 2.45) is 0 Å². The Balaban J connectivity index is 1.48. The van der Waals surface area contributed by atoms with Crippen LogP contribution in [0.4, 0.5) is 5.69 Å². The summed E-state index contributed by atoms with van der Waals surface area (Å²) >= 11 is 4.02. The topological polar surface area (TPSA) is 133 Å². The molecule has 1 aromatic heterocycles. The molecule has 5 rings (SSSR count). The van der Waals surface area contributed by atoms with Crippen LogP contribution in [0.25, 0.3) is 28.3 Å². The van der Waals surface area contributed by atoms with Gasteiger partial charge >= 0.3 is 17.3 Å². The number of anilines is 1. The average Bonchev–Trinajstić information content (AvgIpc) is 3.54. The molecule has 4 aromatic rings. The fourth-order valence-corrected chi connectivity index (χ4v) is 6.26. The molecule has 0 bridgehead atoms. The number of nitrogens with zero attached hydrogens (tertiary/aromatic N) is 2. The zero-order valence-corrected chi connectivity index (χ0v) is 27.7. The molecule has 0 saturated heterocycles. The highest BCUT2D eigenvalue weighted by molar-refractivity contribution is 7.85. The molecule has 0 aliphatic carbocycles. The first-order chi connectivity index (χ1) is 22.1. The monoisotopic (exact) mass is 686 g/mol. The van der Waals surface area contributed by atoms with Gasteiger partial charge in [0.25, 0.3) is 5.52 Å². The van der Waals surface area contributed by atoms with Crippen LogP contribution in [0.3, 0.4) is 0 Å². The third kappa shape index (κ3) is 8.84. The molecule has 0 spiro atoms. The van der Waals surface area contributed by atoms with E-state index in [9.17, 15) is 17.2 Å². The van der Waals surface area contributed by atoms with Crippen LogP contribution in [0.15, 0.2) is 88.7 Å². The molecule has 244 valence electrons. The molecule has 1 unspecified atom stereocenters. The molecule has 0 fully saturated rings. The summed E-state index contributed by atoms with van der Waals surface area (Å²) in [5.41, 5.74) is 5.34. The fraction of sp³-hybridized carbons (Fsp3) is 0.303. The van der Waals surface area contributed by atoms with E-state index < -0.39 is 27.2 Å². The second kappa shape index (κ2) is 15.4. The number of hydrogen-bond acceptors (Lipinski definition) is 8. The molecular weight excluding hydrogens is 652 g/mol. The number of aromatic nitrogens is 1. The summed E-state index contributed by atoms with van der Waals surface area (Å²) in [4.78, 5) is 2.02. The molecule has 13 heteroatoms. The fourth-order valence-electron chi connectivity index (χ4n) is 5.28. The molecule has 0 saturated carbocycles. The zero-order chi connectivity index (χ0) is 32.7. The molecule has 1 N–H and O–H groups in total. The Bertz CT molecular complexity index is 1870. The van der Waals surface area contributed by atoms with Gasteiger partial charge < -0.3 is 18.6 Å². The van der Waals surface area contributed by atoms with Gasteiger partial charge in [-0.15, -0.1) is 0 Å². The van der Waals surface area contributed by atoms with Gasteiger partial charge in [0.1, 0.15) is 0 Å². The molecule has 1 aliphatic rings. The van der Waals surface area contributed by atoms with E-state index in [0.29, 0.717) is 66.9 Å². The molecule has 0 amide bonds. The molecular formula is C33H35ClN2O8S2. The average molecular weight is 687 g/mol. The minimum absolute atomic E-state index is 0.151. The van der Waals surface area contributed by atoms with Crippen molar-refractivity contribution >= 4 is 55.9 Å². The lowest BCUT2D eigenvalue weighted by molar-refractivity contribution is -0.678. The number of allylic oxidation sites excluding steroid dienone is 2. The van der Waals surface area contributed by atoms with Crippen LogP contribution in [-0.4, -0.2) is 40.6 Å². The number of halogens is 1. The van der Waals surface area contributed by atoms with Crippen molar-refractivity contribution in [2.45, 2.75) is 45.6 Å². The zero-order valence-electron chi connectivity index (χ0n) is 25.3. The molecule has 3 aromatic carbocycles. The van der Waals surface area contributed by atoms with E-state index in [-0.39, 0.29) is 13.0 Å². The Labute approximate surface area is 276 Å². The first kappa shape index (κ1) is 33.8. The largest absolute Gasteiger partial charge is 0.748 e. The van der Waals surface area contributed by atoms with E-state index in [1.54, 1.807) is 6.07 Å². The first-order valence-electron chi connectivity index (χ1n) is 15.0. The Morgan fingerprint density at radius 1 is 1.07 bits per heavy atom. The maximum absolute atomic E-state index is 11.2. The van der Waals surface area contributed by atoms with Crippen LogP contribution < -0.4 is 14.2 Å². The van der Waals surface area contributed by atoms with E-state index in [4.69, 9.17) is 29.5 Å². The second-order valence-corrected chi connectivity index (χ2v) is 13.4. The van der Waals surface area contributed by atoms with Crippen LogP contribution in [0.2, 0.25) is 5.02 Å². The molecule has 46 heavy (non-hydrogen) atoms. The SMILES string of the molecule is CCC(=Cc1oc2ccc(-c3ccccc3)cc2[n+]1CCCCS(=O)(=O)[O-])C=C1Oc2ccc(Cl)cc2N1CCCCOS(=O)O. The van der Waals surface area contributed by atoms with Gasteiger partial charge in [0.15, 0.2) is 12.3 Å². The minimum atomic E-state index is -4.30. The van der Waals surface area contributed by atoms with Crippen molar-refractivity contribution in [1.82, 2.24) is 0 Å². The summed E-state index contributed by atoms with van der Waals surface area (Å²) in [7, 11) is -4.30. The molecule has 1 atom stereocenters. The molecule has 1 aliphatic heterocycles. The summed E-state index contributed by atoms with van der Waals surface area (Å²) in [6.45, 7) is 3.19. The third-order valence-electron chi connectivity index (χ3n) is 7.54. The highest BCUT2D eigenvalue weighted by atomic mass is 35.5. The predicted octanol–water partition coefficient (Wildman–Crippen LogP) is 6.83. The van der Waals surface area contributed by atoms with Crippen LogP contribution in [0.5, 0.6) is 5.75 Å². The number of benzene rings is 3. The molecule has 2 heterocycles. The van der Waals surface area contributed by atoms with Gasteiger partial charge in [0.05, 0.1) is 28.5 Å². The standard InChI is InChI=1S/C33H35ClN2O8S2/c1-2-24(21-33-36(16-6-8-18-42-45(37)38)29-23-27(34)13-15-31(29)44-33)20-32-35(17-7-9-19-46(39,40)41)28-22-26(12-14-30(28)43-32)25-10-4-3-5-11-25/h3-5,10-15,20-23H,2,6-9,16-19H2,1H3,(H-,37,38,39,40,41). The number of unbranched alkanes of at least 4 members (excludes halogenated alkanes) is 2. The number of rotatable bonds is 15. The van der Waals surface area contributed by atoms with Crippen molar-refractivity contribution in [1.29, 1.82) is 0 Å². The highest BCUT2D eigenvalue weighted by Gasteiger charge is 2.27. The van der Waals surface area contributed by atoms with E-state index >= 15 is 0 Å². The Kier molecular flexibility index (Phi) is 11.3. The Morgan fingerprint density at radius 2 is 1.87 bits per heavy atom. The highest BCUT2D eigenvalue weighted by Crippen LogP contribution is 2.41. The van der Waals surface area contributed by atoms with Gasteiger partial charge in [-0.05, 0) is 66.6 Å². The van der Waals surface area contributed by atoms with Crippen LogP contribution in [-0.2, 0) is 32.2 Å². The quantitative estimate of drug-likeness (QED) is 0.0618. The lowest BCUT2D eigenvalue weighted by Crippen LogP contribution is -2.35. The van der Waals surface area contributed by atoms with Gasteiger partial charge in [-0.25, -0.2) is 8.42 Å². The van der Waals surface area contributed by atoms with Gasteiger partial charge in [0.2, 0.25) is 11.5 Å². The lowest BCUT2D eigenvalue weighted by atomic mass is 10.1. The van der Waals surface area contributed by atoms with E-state index in [0.717, 1.165) is 27.9 Å². The van der Waals surface area contributed by atoms with E-state index in [1.807, 2.05) is 83.1 Å². The van der Waals surface area contributed by atoms with Crippen LogP contribution >= 0.6 is 11.6 Å². The van der Waals surface area contributed by atoms with E-state index in [1.165, 1.54) is 0 Å². The lowest BCUT2D eigenvalue weighted by Gasteiger charge is -2.18. The number of oxazole rings is 1. The van der Waals surface area contributed by atoms with Gasteiger partial charge in [-0.1, -0.05) is 54.9 Å². The number of ether oxygens (including phenoxy) is 1. The summed E-state index contributed by atoms with van der Waals surface area (Å²) in [6.07, 6.45) is 6.49. The van der Waals surface area contributed by atoms with Crippen LogP contribution in [0.1, 0.15) is 44.9 Å². The van der Waals surface area contributed by atoms with Gasteiger partial charge in [0, 0.05) is 35.9 Å². The second-order valence-electron chi connectivity index (χ2n) is 10.8. The maximum atomic E-state index is 11.2. The smallest absolute Gasteiger partial charge is 0.374 e. The number of fused-ring (bicyclic) bond motifs is 2. The summed E-state index contributed by atoms with van der Waals surface area (Å²) < 4.78 is 72.8. The summed E-state index contributed by atoms with van der Waals surface area (Å²) in [5.74, 6) is 1.43. The van der Waals surface area contributed by atoms with Crippen LogP contribution in [0, 0.1) is 0 Å². The normalized spacial score (nSPS) is 15.0. The van der Waals surface area contributed by atoms with Crippen molar-refractivity contribution in [2.75, 3.05) is 23.8 Å². The molecule has 0 radical (unpaired) electrons. The Hall–Kier alpha value is -3.52. The summed E-state index contributed by atoms with van der Waals surface area (Å²) in [5, 5.41) is 0.571. The van der Waals surface area contributed by atoms with Gasteiger partial charge in [-0.3, -0.25) is 8.74 Å². The number of hydrogen-bond donors (Lipinski definition) is 1. The summed E-state index contributed by atoms with van der Waals surface area (Å²) in [6, 6.07) is 21.4. The van der Waals surface area contributed by atoms with E-state index in [2.05, 4.69) is 6.07 Å². The maximum Gasteiger partial charge on any atom is 0.374 e. The minimum Gasteiger partial charge on any atom is -0.748 e. The molecule has 10 nitrogen and oxygen atoms in total. The van der Waals surface area contributed by atoms with Crippen molar-refractivity contribution in [3.05, 3.63) is 95.2 Å². The van der Waals surface area contributed by atoms with Crippen molar-refractivity contribution in [3.8, 4) is 16.9 Å². The number of aryl methyl sites for hydroxylation is 1. The van der Waals surface area contributed by atoms with Crippen molar-refractivity contribution in [3.63, 3.8) is 0 Å². The first-order valence-corrected chi connectivity index (χ1v) is 18.0. The third-order valence-corrected chi connectivity index (χ3v) is 8.93. The van der Waals surface area contributed by atoms with Crippen molar-refractivity contribution < 1.29 is 39.6 Å². The Morgan fingerprint density at radius 3 is 2.61 bits per heavy atom.